The normalized spacial score (nSPS) is 14.9. The molecule has 1 aliphatic rings. The summed E-state index contributed by atoms with van der Waals surface area (Å²) in [5, 5.41) is 0.181. The summed E-state index contributed by atoms with van der Waals surface area (Å²) < 4.78 is 6.65. The van der Waals surface area contributed by atoms with E-state index in [1.165, 1.54) is 10.1 Å². The van der Waals surface area contributed by atoms with Gasteiger partial charge in [0.15, 0.2) is 5.65 Å². The van der Waals surface area contributed by atoms with Crippen LogP contribution in [0.25, 0.3) is 11.0 Å². The maximum absolute atomic E-state index is 13.7. The van der Waals surface area contributed by atoms with Crippen LogP contribution in [0.4, 0.5) is 0 Å². The summed E-state index contributed by atoms with van der Waals surface area (Å²) in [6, 6.07) is 9.75. The number of benzene rings is 1. The van der Waals surface area contributed by atoms with Crippen molar-refractivity contribution in [3.05, 3.63) is 68.0 Å². The van der Waals surface area contributed by atoms with E-state index in [1.807, 2.05) is 37.8 Å². The lowest BCUT2D eigenvalue weighted by Crippen LogP contribution is -2.37. The minimum absolute atomic E-state index is 0.0368. The number of hydrogen-bond donors (Lipinski definition) is 1. The van der Waals surface area contributed by atoms with Gasteiger partial charge in [0.2, 0.25) is 0 Å². The smallest absolute Gasteiger partial charge is 0.329 e. The van der Waals surface area contributed by atoms with Gasteiger partial charge >= 0.3 is 5.69 Å². The monoisotopic (exact) mass is 479 g/mol. The van der Waals surface area contributed by atoms with Gasteiger partial charge in [0.05, 0.1) is 18.1 Å². The van der Waals surface area contributed by atoms with Gasteiger partial charge in [-0.15, -0.1) is 0 Å². The first-order chi connectivity index (χ1) is 16.8. The summed E-state index contributed by atoms with van der Waals surface area (Å²) in [6.45, 7) is 9.68. The molecule has 3 aromatic rings. The fourth-order valence-corrected chi connectivity index (χ4v) is 4.54. The number of fused-ring (bicyclic) bond motifs is 1. The van der Waals surface area contributed by atoms with Crippen molar-refractivity contribution in [3.8, 4) is 5.75 Å². The van der Waals surface area contributed by atoms with E-state index in [0.29, 0.717) is 30.9 Å². The number of hydrogen-bond acceptors (Lipinski definition) is 6. The van der Waals surface area contributed by atoms with Crippen molar-refractivity contribution in [2.75, 3.05) is 33.3 Å². The number of H-pyrrole nitrogens is 1. The van der Waals surface area contributed by atoms with Gasteiger partial charge in [0.1, 0.15) is 5.75 Å². The number of nitrogens with one attached hydrogen (secondary N) is 1. The summed E-state index contributed by atoms with van der Waals surface area (Å²) in [4.78, 5) is 50.1. The van der Waals surface area contributed by atoms with E-state index in [4.69, 9.17) is 4.74 Å². The van der Waals surface area contributed by atoms with Crippen molar-refractivity contribution in [1.29, 1.82) is 0 Å². The molecule has 9 nitrogen and oxygen atoms in total. The molecule has 9 heteroatoms. The molecule has 0 radical (unpaired) electrons. The number of pyridine rings is 1. The second kappa shape index (κ2) is 10.4. The standard InChI is InChI=1S/C26H33N5O4/c1-5-31-23-22(24(32)28-26(31)34)20(15-21(27-23)17(2)3)25(33)30-12-6-11-29(13-14-30)16-18-7-9-19(35-4)10-8-18/h7-10,15,17H,5-6,11-14,16H2,1-4H3,(H,28,32,34). The molecule has 3 heterocycles. The molecule has 4 rings (SSSR count). The maximum Gasteiger partial charge on any atom is 0.329 e. The lowest BCUT2D eigenvalue weighted by Gasteiger charge is -2.23. The molecular formula is C26H33N5O4. The fraction of sp³-hybridized carbons (Fsp3) is 0.462. The van der Waals surface area contributed by atoms with E-state index in [9.17, 15) is 14.4 Å². The Bertz CT molecular complexity index is 1330. The second-order valence-electron chi connectivity index (χ2n) is 9.22. The molecule has 0 aliphatic carbocycles. The summed E-state index contributed by atoms with van der Waals surface area (Å²) in [5.74, 6) is 0.669. The molecule has 0 unspecified atom stereocenters. The predicted molar refractivity (Wildman–Crippen MR) is 135 cm³/mol. The molecule has 1 fully saturated rings. The average molecular weight is 480 g/mol. The van der Waals surface area contributed by atoms with Crippen LogP contribution in [-0.2, 0) is 13.1 Å². The minimum atomic E-state index is -0.572. The van der Waals surface area contributed by atoms with Crippen molar-refractivity contribution in [2.24, 2.45) is 0 Å². The molecule has 1 amide bonds. The Morgan fingerprint density at radius 3 is 2.51 bits per heavy atom. The third kappa shape index (κ3) is 5.14. The molecule has 1 aliphatic heterocycles. The molecule has 186 valence electrons. The van der Waals surface area contributed by atoms with Crippen LogP contribution >= 0.6 is 0 Å². The Hall–Kier alpha value is -3.46. The largest absolute Gasteiger partial charge is 0.497 e. The molecular weight excluding hydrogens is 446 g/mol. The molecule has 2 aromatic heterocycles. The van der Waals surface area contributed by atoms with Crippen molar-refractivity contribution in [3.63, 3.8) is 0 Å². The Labute approximate surface area is 204 Å². The maximum atomic E-state index is 13.7. The Kier molecular flexibility index (Phi) is 7.35. The van der Waals surface area contributed by atoms with Crippen LogP contribution in [0.1, 0.15) is 54.7 Å². The van der Waals surface area contributed by atoms with E-state index in [-0.39, 0.29) is 22.9 Å². The van der Waals surface area contributed by atoms with Gasteiger partial charge in [-0.3, -0.25) is 24.0 Å². The number of ether oxygens (including phenoxy) is 1. The quantitative estimate of drug-likeness (QED) is 0.583. The van der Waals surface area contributed by atoms with Gasteiger partial charge < -0.3 is 9.64 Å². The lowest BCUT2D eigenvalue weighted by atomic mass is 10.0. The zero-order valence-corrected chi connectivity index (χ0v) is 20.8. The predicted octanol–water partition coefficient (Wildman–Crippen LogP) is 2.58. The van der Waals surface area contributed by atoms with E-state index >= 15 is 0 Å². The van der Waals surface area contributed by atoms with Crippen LogP contribution in [0.15, 0.2) is 39.9 Å². The molecule has 0 bridgehead atoms. The van der Waals surface area contributed by atoms with Gasteiger partial charge in [-0.25, -0.2) is 9.78 Å². The second-order valence-corrected chi connectivity index (χ2v) is 9.22. The first-order valence-corrected chi connectivity index (χ1v) is 12.1. The summed E-state index contributed by atoms with van der Waals surface area (Å²) in [6.07, 6.45) is 0.831. The minimum Gasteiger partial charge on any atom is -0.497 e. The van der Waals surface area contributed by atoms with E-state index in [0.717, 1.165) is 31.8 Å². The number of amides is 1. The van der Waals surface area contributed by atoms with Gasteiger partial charge in [-0.2, -0.15) is 0 Å². The highest BCUT2D eigenvalue weighted by Gasteiger charge is 2.25. The molecule has 1 saturated heterocycles. The number of methoxy groups -OCH3 is 1. The number of nitrogens with zero attached hydrogens (tertiary/aromatic N) is 4. The molecule has 0 spiro atoms. The molecule has 0 atom stereocenters. The third-order valence-electron chi connectivity index (χ3n) is 6.55. The highest BCUT2D eigenvalue weighted by molar-refractivity contribution is 6.05. The van der Waals surface area contributed by atoms with Gasteiger partial charge in [-0.05, 0) is 43.0 Å². The van der Waals surface area contributed by atoms with Crippen LogP contribution in [0, 0.1) is 0 Å². The van der Waals surface area contributed by atoms with Gasteiger partial charge in [0, 0.05) is 45.0 Å². The average Bonchev–Trinajstić information content (AvgIpc) is 3.09. The first kappa shape index (κ1) is 24.7. The van der Waals surface area contributed by atoms with Gasteiger partial charge in [-0.1, -0.05) is 26.0 Å². The SMILES string of the molecule is CCn1c(=O)[nH]c(=O)c2c(C(=O)N3CCCN(Cc4ccc(OC)cc4)CC3)cc(C(C)C)nc21. The number of carbonyl (C=O) groups excluding carboxylic acids is 1. The Balaban J connectivity index is 1.62. The topological polar surface area (TPSA) is 101 Å². The molecule has 1 aromatic carbocycles. The van der Waals surface area contributed by atoms with Crippen LogP contribution in [-0.4, -0.2) is 63.5 Å². The van der Waals surface area contributed by atoms with Crippen molar-refractivity contribution in [2.45, 2.75) is 46.2 Å². The van der Waals surface area contributed by atoms with Crippen LogP contribution in [0.3, 0.4) is 0 Å². The lowest BCUT2D eigenvalue weighted by molar-refractivity contribution is 0.0762. The van der Waals surface area contributed by atoms with Crippen LogP contribution < -0.4 is 16.0 Å². The zero-order chi connectivity index (χ0) is 25.1. The summed E-state index contributed by atoms with van der Waals surface area (Å²) >= 11 is 0. The summed E-state index contributed by atoms with van der Waals surface area (Å²) in [5.41, 5.74) is 1.37. The highest BCUT2D eigenvalue weighted by atomic mass is 16.5. The molecule has 35 heavy (non-hydrogen) atoms. The number of rotatable bonds is 6. The molecule has 0 saturated carbocycles. The third-order valence-corrected chi connectivity index (χ3v) is 6.55. The van der Waals surface area contributed by atoms with E-state index in [2.05, 4.69) is 27.0 Å². The number of aromatic amines is 1. The number of aryl methyl sites for hydroxylation is 1. The van der Waals surface area contributed by atoms with Crippen molar-refractivity contribution < 1.29 is 9.53 Å². The number of aromatic nitrogens is 3. The van der Waals surface area contributed by atoms with E-state index in [1.54, 1.807) is 13.2 Å². The Morgan fingerprint density at radius 2 is 1.86 bits per heavy atom. The highest BCUT2D eigenvalue weighted by Crippen LogP contribution is 2.22. The van der Waals surface area contributed by atoms with Crippen molar-refractivity contribution in [1.82, 2.24) is 24.3 Å². The summed E-state index contributed by atoms with van der Waals surface area (Å²) in [7, 11) is 1.65. The number of carbonyl (C=O) groups is 1. The fourth-order valence-electron chi connectivity index (χ4n) is 4.54. The van der Waals surface area contributed by atoms with E-state index < -0.39 is 11.2 Å². The zero-order valence-electron chi connectivity index (χ0n) is 20.8. The van der Waals surface area contributed by atoms with Crippen LogP contribution in [0.2, 0.25) is 0 Å². The molecule has 1 N–H and O–H groups in total. The Morgan fingerprint density at radius 1 is 1.11 bits per heavy atom. The van der Waals surface area contributed by atoms with Gasteiger partial charge in [0.25, 0.3) is 11.5 Å². The van der Waals surface area contributed by atoms with Crippen LogP contribution in [0.5, 0.6) is 5.75 Å². The van der Waals surface area contributed by atoms with Crippen molar-refractivity contribution >= 4 is 16.9 Å². The first-order valence-electron chi connectivity index (χ1n) is 12.1.